The largest absolute Gasteiger partial charge is 0.416 e. The van der Waals surface area contributed by atoms with Gasteiger partial charge < -0.3 is 9.80 Å². The first-order chi connectivity index (χ1) is 20.2. The molecular weight excluding hydrogens is 570 g/mol. The van der Waals surface area contributed by atoms with Crippen molar-refractivity contribution in [3.05, 3.63) is 53.1 Å². The van der Waals surface area contributed by atoms with Gasteiger partial charge in [-0.15, -0.1) is 11.7 Å². The topological polar surface area (TPSA) is 50.1 Å². The monoisotopic (exact) mass is 614 g/mol. The Labute approximate surface area is 250 Å². The lowest BCUT2D eigenvalue weighted by atomic mass is 9.87. The van der Waals surface area contributed by atoms with Gasteiger partial charge in [0.15, 0.2) is 0 Å². The fourth-order valence-electron chi connectivity index (χ4n) is 6.03. The molecule has 12 heteroatoms. The Balaban J connectivity index is 0.00000162. The number of fused-ring (bicyclic) bond motifs is 1. The maximum Gasteiger partial charge on any atom is 0.416 e. The molecule has 2 heterocycles. The molecule has 1 unspecified atom stereocenters. The van der Waals surface area contributed by atoms with Crippen LogP contribution in [0.2, 0.25) is 0 Å². The highest BCUT2D eigenvalue weighted by atomic mass is 19.4. The number of nitrogens with zero attached hydrogens (tertiary/aromatic N) is 6. The Hall–Kier alpha value is -3.05. The van der Waals surface area contributed by atoms with E-state index < -0.39 is 24.3 Å². The number of halogens is 6. The molecule has 43 heavy (non-hydrogen) atoms. The van der Waals surface area contributed by atoms with Gasteiger partial charge in [0.05, 0.1) is 19.0 Å². The van der Waals surface area contributed by atoms with Crippen LogP contribution in [0.3, 0.4) is 0 Å². The number of aromatic nitrogens is 4. The predicted molar refractivity (Wildman–Crippen MR) is 158 cm³/mol. The molecule has 6 nitrogen and oxygen atoms in total. The highest BCUT2D eigenvalue weighted by Gasteiger charge is 2.35. The van der Waals surface area contributed by atoms with Gasteiger partial charge in [-0.3, -0.25) is 0 Å². The van der Waals surface area contributed by atoms with Gasteiger partial charge in [0.1, 0.15) is 0 Å². The van der Waals surface area contributed by atoms with Gasteiger partial charge in [0, 0.05) is 31.4 Å². The van der Waals surface area contributed by atoms with Crippen LogP contribution in [0.5, 0.6) is 0 Å². The van der Waals surface area contributed by atoms with E-state index >= 15 is 0 Å². The molecule has 2 aliphatic rings. The van der Waals surface area contributed by atoms with Gasteiger partial charge in [-0.2, -0.15) is 31.1 Å². The third-order valence-corrected chi connectivity index (χ3v) is 7.99. The van der Waals surface area contributed by atoms with E-state index in [1.165, 1.54) is 24.2 Å². The van der Waals surface area contributed by atoms with Crippen LogP contribution in [-0.4, -0.2) is 52.1 Å². The summed E-state index contributed by atoms with van der Waals surface area (Å²) in [5.41, 5.74) is 1.44. The molecule has 0 bridgehead atoms. The zero-order chi connectivity index (χ0) is 31.8. The summed E-state index contributed by atoms with van der Waals surface area (Å²) < 4.78 is 80.6. The Kier molecular flexibility index (Phi) is 12.1. The summed E-state index contributed by atoms with van der Waals surface area (Å²) in [7, 11) is 1.61. The van der Waals surface area contributed by atoms with Gasteiger partial charge in [0.25, 0.3) is 5.95 Å². The summed E-state index contributed by atoms with van der Waals surface area (Å²) in [4.78, 5) is 5.28. The van der Waals surface area contributed by atoms with Crippen molar-refractivity contribution in [2.75, 3.05) is 29.4 Å². The van der Waals surface area contributed by atoms with Crippen molar-refractivity contribution in [3.8, 4) is 0 Å². The average Bonchev–Trinajstić information content (AvgIpc) is 3.34. The summed E-state index contributed by atoms with van der Waals surface area (Å²) in [5.74, 6) is 0.742. The second-order valence-electron chi connectivity index (χ2n) is 11.7. The zero-order valence-electron chi connectivity index (χ0n) is 25.6. The fourth-order valence-corrected chi connectivity index (χ4v) is 6.03. The molecule has 1 aromatic carbocycles. The molecule has 1 aromatic heterocycles. The van der Waals surface area contributed by atoms with E-state index in [0.717, 1.165) is 43.9 Å². The average molecular weight is 615 g/mol. The fraction of sp³-hybridized carbons (Fsp3) is 0.645. The van der Waals surface area contributed by atoms with Gasteiger partial charge in [-0.1, -0.05) is 48.2 Å². The Morgan fingerprint density at radius 2 is 1.74 bits per heavy atom. The van der Waals surface area contributed by atoms with Crippen molar-refractivity contribution in [1.29, 1.82) is 0 Å². The van der Waals surface area contributed by atoms with Crippen LogP contribution in [0.15, 0.2) is 36.4 Å². The summed E-state index contributed by atoms with van der Waals surface area (Å²) in [6.45, 7) is 9.86. The highest BCUT2D eigenvalue weighted by Crippen LogP contribution is 2.39. The van der Waals surface area contributed by atoms with Crippen LogP contribution in [0.1, 0.15) is 81.9 Å². The van der Waals surface area contributed by atoms with Gasteiger partial charge in [-0.05, 0) is 81.2 Å². The summed E-state index contributed by atoms with van der Waals surface area (Å²) in [5, 5.41) is 12.4. The lowest BCUT2D eigenvalue weighted by Gasteiger charge is -2.38. The maximum atomic E-state index is 14.0. The lowest BCUT2D eigenvalue weighted by Crippen LogP contribution is -2.42. The normalized spacial score (nSPS) is 18.7. The third-order valence-electron chi connectivity index (χ3n) is 7.99. The van der Waals surface area contributed by atoms with Crippen molar-refractivity contribution in [2.45, 2.75) is 97.0 Å². The third kappa shape index (κ3) is 10.3. The number of aryl methyl sites for hydroxylation is 2. The molecule has 0 spiro atoms. The molecule has 1 fully saturated rings. The first-order valence-corrected chi connectivity index (χ1v) is 15.0. The molecule has 1 saturated carbocycles. The van der Waals surface area contributed by atoms with Crippen molar-refractivity contribution < 1.29 is 26.3 Å². The molecule has 1 aliphatic carbocycles. The second-order valence-corrected chi connectivity index (χ2v) is 11.7. The summed E-state index contributed by atoms with van der Waals surface area (Å²) >= 11 is 0. The van der Waals surface area contributed by atoms with Crippen molar-refractivity contribution in [3.63, 3.8) is 0 Å². The molecule has 1 atom stereocenters. The number of benzene rings is 1. The van der Waals surface area contributed by atoms with Crippen LogP contribution in [0.25, 0.3) is 0 Å². The minimum atomic E-state index is -4.46. The zero-order valence-corrected chi connectivity index (χ0v) is 25.6. The SMILES string of the molecule is C/C(=C\CC(F)(F)F)CN(c1nnn(C)n1)C1CCCN(CC2CCCCC2)c2cc(C(F)(F)F)c(C)cc2C1.C=CC. The van der Waals surface area contributed by atoms with Crippen LogP contribution in [0.4, 0.5) is 38.0 Å². The lowest BCUT2D eigenvalue weighted by molar-refractivity contribution is -0.138. The molecule has 2 aromatic rings. The molecule has 0 saturated heterocycles. The second kappa shape index (κ2) is 15.1. The van der Waals surface area contributed by atoms with Crippen LogP contribution in [-0.2, 0) is 19.6 Å². The number of hydrogen-bond acceptors (Lipinski definition) is 5. The Bertz CT molecular complexity index is 1210. The molecule has 0 amide bonds. The van der Waals surface area contributed by atoms with E-state index in [-0.39, 0.29) is 24.1 Å². The van der Waals surface area contributed by atoms with Crippen molar-refractivity contribution in [2.24, 2.45) is 13.0 Å². The van der Waals surface area contributed by atoms with E-state index in [4.69, 9.17) is 0 Å². The van der Waals surface area contributed by atoms with E-state index in [2.05, 4.69) is 26.9 Å². The van der Waals surface area contributed by atoms with Crippen LogP contribution >= 0.6 is 0 Å². The molecule has 1 aliphatic heterocycles. The quantitative estimate of drug-likeness (QED) is 0.232. The number of alkyl halides is 6. The Morgan fingerprint density at radius 1 is 1.07 bits per heavy atom. The van der Waals surface area contributed by atoms with Crippen molar-refractivity contribution in [1.82, 2.24) is 20.2 Å². The number of rotatable bonds is 7. The minimum Gasteiger partial charge on any atom is -0.371 e. The molecule has 0 radical (unpaired) electrons. The van der Waals surface area contributed by atoms with Crippen LogP contribution < -0.4 is 9.80 Å². The van der Waals surface area contributed by atoms with E-state index in [1.807, 2.05) is 11.8 Å². The van der Waals surface area contributed by atoms with E-state index in [9.17, 15) is 26.3 Å². The predicted octanol–water partition coefficient (Wildman–Crippen LogP) is 8.23. The van der Waals surface area contributed by atoms with Gasteiger partial charge in [-0.25, -0.2) is 0 Å². The number of anilines is 2. The number of allylic oxidation sites excluding steroid dienone is 2. The van der Waals surface area contributed by atoms with Gasteiger partial charge >= 0.3 is 12.4 Å². The smallest absolute Gasteiger partial charge is 0.371 e. The number of hydrogen-bond donors (Lipinski definition) is 0. The standard InChI is InChI=1S/C28H38F6N6.C3H6/c1-19(11-12-27(29,30)31)17-40(26-35-37-38(3)36-26)23-10-7-13-39(18-21-8-5-4-6-9-21)25-16-24(28(32,33)34)20(2)14-22(25)15-23;1-3-2/h11,14,16,21,23H,4-10,12-13,15,17-18H2,1-3H3;3H,1H2,2H3/b19-11+;. The molecule has 0 N–H and O–H groups in total. The molecule has 240 valence electrons. The van der Waals surface area contributed by atoms with Crippen molar-refractivity contribution >= 4 is 11.6 Å². The van der Waals surface area contributed by atoms with E-state index in [1.54, 1.807) is 26.1 Å². The number of tetrazole rings is 1. The first kappa shape index (κ1) is 34.4. The van der Waals surface area contributed by atoms with Gasteiger partial charge in [0.2, 0.25) is 0 Å². The summed E-state index contributed by atoms with van der Waals surface area (Å²) in [6.07, 6.45) is 0.584. The maximum absolute atomic E-state index is 14.0. The van der Waals surface area contributed by atoms with Crippen LogP contribution in [0, 0.1) is 12.8 Å². The molecule has 4 rings (SSSR count). The Morgan fingerprint density at radius 3 is 2.33 bits per heavy atom. The molecular formula is C31H44F6N6. The van der Waals surface area contributed by atoms with E-state index in [0.29, 0.717) is 43.0 Å². The summed E-state index contributed by atoms with van der Waals surface area (Å²) in [6, 6.07) is 2.71. The minimum absolute atomic E-state index is 0.160. The highest BCUT2D eigenvalue weighted by molar-refractivity contribution is 5.59. The first-order valence-electron chi connectivity index (χ1n) is 15.0.